The van der Waals surface area contributed by atoms with E-state index < -0.39 is 0 Å². The van der Waals surface area contributed by atoms with Crippen molar-refractivity contribution in [2.45, 2.75) is 18.9 Å². The van der Waals surface area contributed by atoms with E-state index in [4.69, 9.17) is 0 Å². The summed E-state index contributed by atoms with van der Waals surface area (Å²) in [6, 6.07) is 14.5. The van der Waals surface area contributed by atoms with E-state index in [9.17, 15) is 4.79 Å². The number of benzene rings is 1. The van der Waals surface area contributed by atoms with Crippen LogP contribution in [0.2, 0.25) is 0 Å². The molecule has 110 valence electrons. The van der Waals surface area contributed by atoms with Crippen molar-refractivity contribution in [2.75, 3.05) is 23.3 Å². The molecule has 4 heteroatoms. The van der Waals surface area contributed by atoms with Crippen LogP contribution in [0.1, 0.15) is 12.8 Å². The molecule has 21 heavy (non-hydrogen) atoms. The van der Waals surface area contributed by atoms with Crippen molar-refractivity contribution >= 4 is 11.4 Å². The molecular weight excluding hydrogens is 262 g/mol. The fourth-order valence-corrected chi connectivity index (χ4v) is 2.84. The summed E-state index contributed by atoms with van der Waals surface area (Å²) in [7, 11) is 1.78. The van der Waals surface area contributed by atoms with Crippen molar-refractivity contribution in [2.24, 2.45) is 7.05 Å². The maximum Gasteiger partial charge on any atom is 0.250 e. The Labute approximate surface area is 125 Å². The maximum absolute atomic E-state index is 11.4. The number of pyridine rings is 1. The lowest BCUT2D eigenvalue weighted by Crippen LogP contribution is -2.39. The summed E-state index contributed by atoms with van der Waals surface area (Å²) in [5, 5.41) is 3.53. The third-order valence-electron chi connectivity index (χ3n) is 4.07. The third-order valence-corrected chi connectivity index (χ3v) is 4.07. The van der Waals surface area contributed by atoms with Crippen molar-refractivity contribution in [1.82, 2.24) is 4.57 Å². The van der Waals surface area contributed by atoms with Crippen LogP contribution in [-0.4, -0.2) is 23.7 Å². The first-order valence-electron chi connectivity index (χ1n) is 7.45. The quantitative estimate of drug-likeness (QED) is 0.940. The Morgan fingerprint density at radius 3 is 2.43 bits per heavy atom. The first-order valence-corrected chi connectivity index (χ1v) is 7.45. The zero-order valence-electron chi connectivity index (χ0n) is 12.3. The zero-order chi connectivity index (χ0) is 14.7. The number of piperidine rings is 1. The maximum atomic E-state index is 11.4. The minimum Gasteiger partial charge on any atom is -0.381 e. The Morgan fingerprint density at radius 1 is 1.05 bits per heavy atom. The molecule has 1 aromatic heterocycles. The van der Waals surface area contributed by atoms with Gasteiger partial charge in [0.2, 0.25) is 5.56 Å². The van der Waals surface area contributed by atoms with Crippen molar-refractivity contribution in [1.29, 1.82) is 0 Å². The molecule has 1 saturated heterocycles. The first-order chi connectivity index (χ1) is 10.2. The molecule has 0 bridgehead atoms. The highest BCUT2D eigenvalue weighted by Gasteiger charge is 2.19. The van der Waals surface area contributed by atoms with Crippen LogP contribution in [0.4, 0.5) is 11.4 Å². The van der Waals surface area contributed by atoms with Gasteiger partial charge in [-0.05, 0) is 31.0 Å². The number of nitrogens with one attached hydrogen (secondary N) is 1. The number of para-hydroxylation sites is 1. The fourth-order valence-electron chi connectivity index (χ4n) is 2.84. The molecule has 0 unspecified atom stereocenters. The Kier molecular flexibility index (Phi) is 3.95. The number of aromatic nitrogens is 1. The average Bonchev–Trinajstić information content (AvgIpc) is 2.53. The number of anilines is 2. The molecule has 4 nitrogen and oxygen atoms in total. The van der Waals surface area contributed by atoms with E-state index in [1.165, 1.54) is 5.69 Å². The minimum absolute atomic E-state index is 0.0273. The number of hydrogen-bond donors (Lipinski definition) is 1. The highest BCUT2D eigenvalue weighted by molar-refractivity contribution is 5.47. The predicted octanol–water partition coefficient (Wildman–Crippen LogP) is 2.47. The van der Waals surface area contributed by atoms with Crippen LogP contribution in [0.15, 0.2) is 53.5 Å². The molecule has 0 radical (unpaired) electrons. The van der Waals surface area contributed by atoms with Gasteiger partial charge in [0.15, 0.2) is 0 Å². The van der Waals surface area contributed by atoms with E-state index in [-0.39, 0.29) is 5.56 Å². The van der Waals surface area contributed by atoms with Crippen molar-refractivity contribution in [3.63, 3.8) is 0 Å². The molecule has 1 N–H and O–H groups in total. The molecule has 0 atom stereocenters. The molecule has 0 spiro atoms. The van der Waals surface area contributed by atoms with E-state index >= 15 is 0 Å². The molecule has 3 rings (SSSR count). The molecule has 2 aromatic rings. The second kappa shape index (κ2) is 6.04. The van der Waals surface area contributed by atoms with Gasteiger partial charge in [-0.2, -0.15) is 0 Å². The smallest absolute Gasteiger partial charge is 0.250 e. The molecule has 1 fully saturated rings. The van der Waals surface area contributed by atoms with Gasteiger partial charge >= 0.3 is 0 Å². The lowest BCUT2D eigenvalue weighted by molar-refractivity contribution is 0.526. The number of aryl methyl sites for hydroxylation is 1. The largest absolute Gasteiger partial charge is 0.381 e. The number of hydrogen-bond acceptors (Lipinski definition) is 3. The van der Waals surface area contributed by atoms with Crippen molar-refractivity contribution in [3.05, 3.63) is 59.0 Å². The van der Waals surface area contributed by atoms with Gasteiger partial charge in [-0.1, -0.05) is 18.2 Å². The SMILES string of the molecule is Cn1cc(NC2CCN(c3ccccc3)CC2)ccc1=O. The van der Waals surface area contributed by atoms with E-state index in [0.29, 0.717) is 6.04 Å². The minimum atomic E-state index is 0.0273. The summed E-state index contributed by atoms with van der Waals surface area (Å²) in [6.07, 6.45) is 4.08. The van der Waals surface area contributed by atoms with Gasteiger partial charge in [-0.15, -0.1) is 0 Å². The van der Waals surface area contributed by atoms with E-state index in [0.717, 1.165) is 31.6 Å². The number of nitrogens with zero attached hydrogens (tertiary/aromatic N) is 2. The Hall–Kier alpha value is -2.23. The summed E-state index contributed by atoms with van der Waals surface area (Å²) in [6.45, 7) is 2.13. The predicted molar refractivity (Wildman–Crippen MR) is 87.0 cm³/mol. The Bertz CT molecular complexity index is 643. The molecular formula is C17H21N3O. The van der Waals surface area contributed by atoms with Gasteiger partial charge in [0.05, 0.1) is 5.69 Å². The molecule has 0 aliphatic carbocycles. The molecule has 0 amide bonds. The molecule has 1 aliphatic heterocycles. The fraction of sp³-hybridized carbons (Fsp3) is 0.353. The Morgan fingerprint density at radius 2 is 1.76 bits per heavy atom. The Balaban J connectivity index is 1.58. The molecule has 2 heterocycles. The van der Waals surface area contributed by atoms with Crippen molar-refractivity contribution in [3.8, 4) is 0 Å². The summed E-state index contributed by atoms with van der Waals surface area (Å²) < 4.78 is 1.61. The summed E-state index contributed by atoms with van der Waals surface area (Å²) >= 11 is 0. The second-order valence-electron chi connectivity index (χ2n) is 5.61. The highest BCUT2D eigenvalue weighted by Crippen LogP contribution is 2.21. The van der Waals surface area contributed by atoms with Gasteiger partial charge < -0.3 is 14.8 Å². The van der Waals surface area contributed by atoms with Gasteiger partial charge in [0, 0.05) is 44.1 Å². The van der Waals surface area contributed by atoms with Gasteiger partial charge in [-0.25, -0.2) is 0 Å². The van der Waals surface area contributed by atoms with Gasteiger partial charge in [0.1, 0.15) is 0 Å². The second-order valence-corrected chi connectivity index (χ2v) is 5.61. The lowest BCUT2D eigenvalue weighted by atomic mass is 10.0. The summed E-state index contributed by atoms with van der Waals surface area (Å²) in [5.41, 5.74) is 2.35. The third kappa shape index (κ3) is 3.27. The average molecular weight is 283 g/mol. The first kappa shape index (κ1) is 13.7. The topological polar surface area (TPSA) is 37.3 Å². The van der Waals surface area contributed by atoms with Crippen molar-refractivity contribution < 1.29 is 0 Å². The van der Waals surface area contributed by atoms with E-state index in [1.807, 2.05) is 12.3 Å². The monoisotopic (exact) mass is 283 g/mol. The van der Waals surface area contributed by atoms with Crippen LogP contribution in [0.25, 0.3) is 0 Å². The highest BCUT2D eigenvalue weighted by atomic mass is 16.1. The van der Waals surface area contributed by atoms with Crippen LogP contribution in [0, 0.1) is 0 Å². The molecule has 0 saturated carbocycles. The summed E-state index contributed by atoms with van der Waals surface area (Å²) in [4.78, 5) is 13.8. The van der Waals surface area contributed by atoms with E-state index in [2.05, 4.69) is 40.5 Å². The van der Waals surface area contributed by atoms with Crippen LogP contribution in [0.3, 0.4) is 0 Å². The number of rotatable bonds is 3. The molecule has 1 aromatic carbocycles. The summed E-state index contributed by atoms with van der Waals surface area (Å²) in [5.74, 6) is 0. The van der Waals surface area contributed by atoms with Gasteiger partial charge in [-0.3, -0.25) is 4.79 Å². The zero-order valence-corrected chi connectivity index (χ0v) is 12.3. The molecule has 1 aliphatic rings. The van der Waals surface area contributed by atoms with Crippen LogP contribution >= 0.6 is 0 Å². The van der Waals surface area contributed by atoms with Crippen LogP contribution in [-0.2, 0) is 7.05 Å². The normalized spacial score (nSPS) is 16.0. The van der Waals surface area contributed by atoms with Gasteiger partial charge in [0.25, 0.3) is 0 Å². The lowest BCUT2D eigenvalue weighted by Gasteiger charge is -2.34. The van der Waals surface area contributed by atoms with Crippen LogP contribution in [0.5, 0.6) is 0 Å². The van der Waals surface area contributed by atoms with E-state index in [1.54, 1.807) is 17.7 Å². The van der Waals surface area contributed by atoms with Crippen LogP contribution < -0.4 is 15.8 Å². The standard InChI is InChI=1S/C17H21N3O/c1-19-13-15(7-8-17(19)21)18-14-9-11-20(12-10-14)16-5-3-2-4-6-16/h2-8,13-14,18H,9-12H2,1H3.